The van der Waals surface area contributed by atoms with Crippen LogP contribution in [-0.4, -0.2) is 35.1 Å². The van der Waals surface area contributed by atoms with E-state index in [9.17, 15) is 14.4 Å². The Labute approximate surface area is 119 Å². The highest BCUT2D eigenvalue weighted by molar-refractivity contribution is 6.14. The zero-order valence-corrected chi connectivity index (χ0v) is 11.2. The fraction of sp³-hybridized carbons (Fsp3) is 0.143. The molecule has 1 heterocycles. The summed E-state index contributed by atoms with van der Waals surface area (Å²) in [4.78, 5) is 34.9. The van der Waals surface area contributed by atoms with Gasteiger partial charge in [0.15, 0.2) is 5.78 Å². The van der Waals surface area contributed by atoms with Crippen LogP contribution in [0, 0.1) is 6.92 Å². The molecule has 1 N–H and O–H groups in total. The van der Waals surface area contributed by atoms with Crippen molar-refractivity contribution in [1.29, 1.82) is 0 Å². The summed E-state index contributed by atoms with van der Waals surface area (Å²) in [6, 6.07) is 5.78. The Balaban J connectivity index is 2.48. The van der Waals surface area contributed by atoms with Crippen LogP contribution in [-0.2, 0) is 4.74 Å². The van der Waals surface area contributed by atoms with Gasteiger partial charge in [-0.15, -0.1) is 0 Å². The zero-order valence-electron chi connectivity index (χ0n) is 11.2. The summed E-state index contributed by atoms with van der Waals surface area (Å²) in [5.74, 6) is -2.44. The molecule has 0 aliphatic heterocycles. The smallest absolute Gasteiger partial charge is 0.358 e. The van der Waals surface area contributed by atoms with E-state index in [4.69, 9.17) is 9.63 Å². The van der Waals surface area contributed by atoms with Crippen molar-refractivity contribution in [1.82, 2.24) is 5.16 Å². The molecule has 1 aromatic carbocycles. The number of carboxylic acids is 1. The molecule has 2 rings (SSSR count). The first-order chi connectivity index (χ1) is 9.95. The fourth-order valence-corrected chi connectivity index (χ4v) is 1.84. The molecule has 1 aromatic heterocycles. The molecule has 0 saturated heterocycles. The minimum absolute atomic E-state index is 0.0980. The molecular weight excluding hydrogens is 278 g/mol. The number of carboxylic acid groups (broad SMARTS) is 1. The zero-order chi connectivity index (χ0) is 15.6. The van der Waals surface area contributed by atoms with Gasteiger partial charge in [0.25, 0.3) is 0 Å². The van der Waals surface area contributed by atoms with Crippen molar-refractivity contribution in [3.05, 3.63) is 52.4 Å². The lowest BCUT2D eigenvalue weighted by Gasteiger charge is -2.03. The molecule has 0 saturated carbocycles. The number of carbonyl (C=O) groups excluding carboxylic acids is 2. The van der Waals surface area contributed by atoms with Crippen LogP contribution in [0.15, 0.2) is 28.8 Å². The van der Waals surface area contributed by atoms with E-state index in [0.29, 0.717) is 0 Å². The standard InChI is InChI=1S/C14H11NO6/c1-7-10(11(13(17)18)15-21-7)12(16)8-4-3-5-9(6-8)14(19)20-2/h3-6H,1-2H3,(H,17,18). The lowest BCUT2D eigenvalue weighted by Crippen LogP contribution is -2.10. The van der Waals surface area contributed by atoms with Crippen LogP contribution in [0.1, 0.15) is 42.5 Å². The van der Waals surface area contributed by atoms with Gasteiger partial charge in [0.2, 0.25) is 5.69 Å². The summed E-state index contributed by atoms with van der Waals surface area (Å²) < 4.78 is 9.33. The number of ketones is 1. The van der Waals surface area contributed by atoms with E-state index in [2.05, 4.69) is 9.89 Å². The third-order valence-electron chi connectivity index (χ3n) is 2.84. The Morgan fingerprint density at radius 2 is 1.90 bits per heavy atom. The lowest BCUT2D eigenvalue weighted by molar-refractivity contribution is 0.0599. The molecule has 0 amide bonds. The number of aryl methyl sites for hydroxylation is 1. The number of hydrogen-bond acceptors (Lipinski definition) is 6. The molecule has 0 aliphatic rings. The first-order valence-corrected chi connectivity index (χ1v) is 5.88. The number of hydrogen-bond donors (Lipinski definition) is 1. The van der Waals surface area contributed by atoms with E-state index in [0.717, 1.165) is 0 Å². The average Bonchev–Trinajstić information content (AvgIpc) is 2.87. The van der Waals surface area contributed by atoms with Gasteiger partial charge in [-0.1, -0.05) is 17.3 Å². The average molecular weight is 289 g/mol. The van der Waals surface area contributed by atoms with Crippen molar-refractivity contribution in [2.75, 3.05) is 7.11 Å². The van der Waals surface area contributed by atoms with E-state index >= 15 is 0 Å². The largest absolute Gasteiger partial charge is 0.476 e. The van der Waals surface area contributed by atoms with E-state index in [1.165, 1.54) is 38.3 Å². The molecule has 7 nitrogen and oxygen atoms in total. The van der Waals surface area contributed by atoms with Gasteiger partial charge >= 0.3 is 11.9 Å². The molecule has 0 unspecified atom stereocenters. The summed E-state index contributed by atoms with van der Waals surface area (Å²) in [7, 11) is 1.23. The first-order valence-electron chi connectivity index (χ1n) is 5.88. The van der Waals surface area contributed by atoms with Gasteiger partial charge in [-0.2, -0.15) is 0 Å². The number of rotatable bonds is 4. The van der Waals surface area contributed by atoms with Gasteiger partial charge in [-0.3, -0.25) is 4.79 Å². The maximum Gasteiger partial charge on any atom is 0.358 e. The molecule has 0 aliphatic carbocycles. The minimum atomic E-state index is -1.36. The number of methoxy groups -OCH3 is 1. The Kier molecular flexibility index (Phi) is 3.84. The quantitative estimate of drug-likeness (QED) is 0.674. The van der Waals surface area contributed by atoms with Crippen LogP contribution in [0.3, 0.4) is 0 Å². The Bertz CT molecular complexity index is 731. The molecule has 0 radical (unpaired) electrons. The van der Waals surface area contributed by atoms with Crippen molar-refractivity contribution < 1.29 is 28.8 Å². The predicted molar refractivity (Wildman–Crippen MR) is 69.4 cm³/mol. The SMILES string of the molecule is COC(=O)c1cccc(C(=O)c2c(C(=O)O)noc2C)c1. The second-order valence-electron chi connectivity index (χ2n) is 4.17. The summed E-state index contributed by atoms with van der Waals surface area (Å²) in [5.41, 5.74) is -0.258. The number of aromatic nitrogens is 1. The van der Waals surface area contributed by atoms with Gasteiger partial charge in [0.05, 0.1) is 18.2 Å². The molecular formula is C14H11NO6. The van der Waals surface area contributed by atoms with E-state index in [-0.39, 0.29) is 22.5 Å². The summed E-state index contributed by atoms with van der Waals surface area (Å²) in [6.07, 6.45) is 0. The van der Waals surface area contributed by atoms with Crippen LogP contribution in [0.2, 0.25) is 0 Å². The van der Waals surface area contributed by atoms with Crippen molar-refractivity contribution in [3.8, 4) is 0 Å². The van der Waals surface area contributed by atoms with Crippen molar-refractivity contribution in [2.45, 2.75) is 6.92 Å². The van der Waals surface area contributed by atoms with Gasteiger partial charge in [-0.25, -0.2) is 9.59 Å². The van der Waals surface area contributed by atoms with Crippen LogP contribution in [0.5, 0.6) is 0 Å². The van der Waals surface area contributed by atoms with Crippen LogP contribution < -0.4 is 0 Å². The molecule has 21 heavy (non-hydrogen) atoms. The number of nitrogens with zero attached hydrogens (tertiary/aromatic N) is 1. The second kappa shape index (κ2) is 5.58. The predicted octanol–water partition coefficient (Wildman–Crippen LogP) is 1.70. The first kappa shape index (κ1) is 14.4. The highest BCUT2D eigenvalue weighted by Crippen LogP contribution is 2.19. The molecule has 0 fully saturated rings. The van der Waals surface area contributed by atoms with E-state index in [1.54, 1.807) is 0 Å². The van der Waals surface area contributed by atoms with Gasteiger partial charge in [0.1, 0.15) is 5.76 Å². The lowest BCUT2D eigenvalue weighted by atomic mass is 10.00. The van der Waals surface area contributed by atoms with Gasteiger partial charge in [0, 0.05) is 5.56 Å². The molecule has 0 atom stereocenters. The van der Waals surface area contributed by atoms with Crippen molar-refractivity contribution in [3.63, 3.8) is 0 Å². The number of aromatic carboxylic acids is 1. The minimum Gasteiger partial charge on any atom is -0.476 e. The van der Waals surface area contributed by atoms with Crippen molar-refractivity contribution >= 4 is 17.7 Å². The topological polar surface area (TPSA) is 107 Å². The normalized spacial score (nSPS) is 10.2. The van der Waals surface area contributed by atoms with Crippen molar-refractivity contribution in [2.24, 2.45) is 0 Å². The monoisotopic (exact) mass is 289 g/mol. The van der Waals surface area contributed by atoms with Crippen LogP contribution in [0.25, 0.3) is 0 Å². The highest BCUT2D eigenvalue weighted by atomic mass is 16.5. The number of esters is 1. The third kappa shape index (κ3) is 2.66. The molecule has 7 heteroatoms. The Morgan fingerprint density at radius 3 is 2.52 bits per heavy atom. The number of ether oxygens (including phenoxy) is 1. The maximum absolute atomic E-state index is 12.4. The molecule has 0 spiro atoms. The van der Waals surface area contributed by atoms with Gasteiger partial charge < -0.3 is 14.4 Å². The summed E-state index contributed by atoms with van der Waals surface area (Å²) >= 11 is 0. The highest BCUT2D eigenvalue weighted by Gasteiger charge is 2.26. The van der Waals surface area contributed by atoms with Crippen LogP contribution >= 0.6 is 0 Å². The Hall–Kier alpha value is -2.96. The number of carbonyl (C=O) groups is 3. The fourth-order valence-electron chi connectivity index (χ4n) is 1.84. The van der Waals surface area contributed by atoms with E-state index < -0.39 is 23.4 Å². The maximum atomic E-state index is 12.4. The summed E-state index contributed by atoms with van der Waals surface area (Å²) in [6.45, 7) is 1.44. The summed E-state index contributed by atoms with van der Waals surface area (Å²) in [5, 5.41) is 12.4. The molecule has 2 aromatic rings. The molecule has 0 bridgehead atoms. The van der Waals surface area contributed by atoms with Gasteiger partial charge in [-0.05, 0) is 19.1 Å². The Morgan fingerprint density at radius 1 is 1.24 bits per heavy atom. The van der Waals surface area contributed by atoms with E-state index in [1.807, 2.05) is 0 Å². The molecule has 108 valence electrons. The van der Waals surface area contributed by atoms with Crippen LogP contribution in [0.4, 0.5) is 0 Å². The number of benzene rings is 1. The third-order valence-corrected chi connectivity index (χ3v) is 2.84. The second-order valence-corrected chi connectivity index (χ2v) is 4.17.